The van der Waals surface area contributed by atoms with Gasteiger partial charge in [-0.2, -0.15) is 9.78 Å². The van der Waals surface area contributed by atoms with Crippen LogP contribution in [0.15, 0.2) is 113 Å². The van der Waals surface area contributed by atoms with E-state index in [-0.39, 0.29) is 16.1 Å². The fourth-order valence-electron chi connectivity index (χ4n) is 4.76. The molecule has 0 radical (unpaired) electrons. The highest BCUT2D eigenvalue weighted by atomic mass is 79.9. The Morgan fingerprint density at radius 2 is 1.31 bits per heavy atom. The van der Waals surface area contributed by atoms with Crippen LogP contribution in [0.1, 0.15) is 36.8 Å². The monoisotopic (exact) mass is 759 g/mol. The van der Waals surface area contributed by atoms with Gasteiger partial charge in [0.1, 0.15) is 28.0 Å². The lowest BCUT2D eigenvalue weighted by atomic mass is 10.0. The molecule has 2 heterocycles. The van der Waals surface area contributed by atoms with Crippen LogP contribution in [0.3, 0.4) is 0 Å². The predicted octanol–water partition coefficient (Wildman–Crippen LogP) is 10.6. The lowest BCUT2D eigenvalue weighted by Crippen LogP contribution is -2.26. The number of halogens is 6. The second-order valence-electron chi connectivity index (χ2n) is 10.9. The van der Waals surface area contributed by atoms with Crippen molar-refractivity contribution in [2.24, 2.45) is 5.92 Å². The SMILES string of the molecule is FC(F)c1ccc(Oc2ccc(Br)cc2)cc1.O=c1c(Cl)c(NC[C@H]2CCCOC2)cnn1-c1ccc(Oc2ccc(C(F)F)cc2)cc1. The Bertz CT molecular complexity index is 1840. The number of ether oxygens (including phenoxy) is 3. The number of nitrogens with zero attached hydrogens (tertiary/aromatic N) is 2. The van der Waals surface area contributed by atoms with E-state index in [9.17, 15) is 22.4 Å². The molecule has 1 aliphatic rings. The fraction of sp³-hybridized carbons (Fsp3) is 0.222. The maximum Gasteiger partial charge on any atom is 0.292 e. The summed E-state index contributed by atoms with van der Waals surface area (Å²) < 4.78 is 68.8. The number of hydrogen-bond acceptors (Lipinski definition) is 6. The lowest BCUT2D eigenvalue weighted by Gasteiger charge is -2.22. The highest BCUT2D eigenvalue weighted by Gasteiger charge is 2.16. The van der Waals surface area contributed by atoms with Crippen molar-refractivity contribution in [3.05, 3.63) is 134 Å². The normalized spacial score (nSPS) is 14.2. The van der Waals surface area contributed by atoms with E-state index in [1.54, 1.807) is 36.4 Å². The smallest absolute Gasteiger partial charge is 0.292 e. The quantitative estimate of drug-likeness (QED) is 0.143. The number of hydrogen-bond donors (Lipinski definition) is 1. The first-order valence-electron chi connectivity index (χ1n) is 15.2. The van der Waals surface area contributed by atoms with Crippen molar-refractivity contribution in [1.29, 1.82) is 0 Å². The van der Waals surface area contributed by atoms with Gasteiger partial charge in [-0.25, -0.2) is 17.6 Å². The summed E-state index contributed by atoms with van der Waals surface area (Å²) >= 11 is 9.61. The van der Waals surface area contributed by atoms with E-state index < -0.39 is 18.4 Å². The molecule has 1 aliphatic heterocycles. The molecule has 0 amide bonds. The second-order valence-corrected chi connectivity index (χ2v) is 12.2. The van der Waals surface area contributed by atoms with Crippen molar-refractivity contribution in [3.8, 4) is 28.7 Å². The molecule has 0 aliphatic carbocycles. The van der Waals surface area contributed by atoms with E-state index in [4.69, 9.17) is 25.8 Å². The minimum absolute atomic E-state index is 0.00634. The van der Waals surface area contributed by atoms with Crippen LogP contribution in [-0.4, -0.2) is 29.5 Å². The molecular formula is C36H31BrClF4N3O4. The van der Waals surface area contributed by atoms with Crippen LogP contribution in [0, 0.1) is 5.92 Å². The topological polar surface area (TPSA) is 74.6 Å². The third kappa shape index (κ3) is 10.3. The molecule has 0 spiro atoms. The van der Waals surface area contributed by atoms with Crippen LogP contribution in [0.25, 0.3) is 5.69 Å². The van der Waals surface area contributed by atoms with E-state index in [2.05, 4.69) is 26.3 Å². The Kier molecular flexibility index (Phi) is 12.7. The number of nitrogens with one attached hydrogen (secondary N) is 1. The van der Waals surface area contributed by atoms with Crippen molar-refractivity contribution < 1.29 is 31.8 Å². The predicted molar refractivity (Wildman–Crippen MR) is 184 cm³/mol. The van der Waals surface area contributed by atoms with Gasteiger partial charge < -0.3 is 19.5 Å². The first-order chi connectivity index (χ1) is 23.7. The van der Waals surface area contributed by atoms with E-state index in [1.807, 2.05) is 12.1 Å². The number of aromatic nitrogens is 2. The van der Waals surface area contributed by atoms with Crippen LogP contribution in [0.5, 0.6) is 23.0 Å². The van der Waals surface area contributed by atoms with Crippen molar-refractivity contribution in [2.45, 2.75) is 25.7 Å². The molecule has 5 aromatic rings. The zero-order valence-corrected chi connectivity index (χ0v) is 28.2. The maximum absolute atomic E-state index is 12.7. The Morgan fingerprint density at radius 3 is 1.78 bits per heavy atom. The first kappa shape index (κ1) is 35.9. The summed E-state index contributed by atoms with van der Waals surface area (Å²) in [5.41, 5.74) is 0.497. The highest BCUT2D eigenvalue weighted by Crippen LogP contribution is 2.28. The first-order valence-corrected chi connectivity index (χ1v) is 16.4. The van der Waals surface area contributed by atoms with Gasteiger partial charge >= 0.3 is 0 Å². The van der Waals surface area contributed by atoms with Gasteiger partial charge in [-0.05, 0) is 116 Å². The lowest BCUT2D eigenvalue weighted by molar-refractivity contribution is 0.0595. The Balaban J connectivity index is 0.000000232. The number of alkyl halides is 4. The molecule has 6 rings (SSSR count). The van der Waals surface area contributed by atoms with E-state index in [0.717, 1.165) is 23.9 Å². The highest BCUT2D eigenvalue weighted by molar-refractivity contribution is 9.10. The molecule has 256 valence electrons. The number of anilines is 1. The summed E-state index contributed by atoms with van der Waals surface area (Å²) in [6.07, 6.45) is -1.34. The molecule has 1 aromatic heterocycles. The molecule has 1 atom stereocenters. The molecule has 49 heavy (non-hydrogen) atoms. The molecule has 7 nitrogen and oxygen atoms in total. The van der Waals surface area contributed by atoms with Crippen molar-refractivity contribution in [1.82, 2.24) is 9.78 Å². The summed E-state index contributed by atoms with van der Waals surface area (Å²) in [4.78, 5) is 12.7. The maximum atomic E-state index is 12.7. The molecule has 1 saturated heterocycles. The van der Waals surface area contributed by atoms with Crippen LogP contribution >= 0.6 is 27.5 Å². The fourth-order valence-corrected chi connectivity index (χ4v) is 5.22. The standard InChI is InChI=1S/C23H22ClF2N3O3.C13H9BrF2O/c24-21-20(27-12-15-2-1-11-31-14-15)13-28-29(23(21)30)17-5-9-19(10-6-17)32-18-7-3-16(4-8-18)22(25)26;14-10-3-7-12(8-4-10)17-11-5-1-9(2-6-11)13(15)16/h3-10,13,15,22,27H,1-2,11-12,14H2;1-8,13H/t15-;/m1./s1. The van der Waals surface area contributed by atoms with Gasteiger partial charge in [0.25, 0.3) is 18.4 Å². The van der Waals surface area contributed by atoms with Crippen molar-refractivity contribution >= 4 is 33.2 Å². The minimum atomic E-state index is -2.52. The van der Waals surface area contributed by atoms with Crippen LogP contribution < -0.4 is 20.3 Å². The van der Waals surface area contributed by atoms with Gasteiger partial charge in [0.15, 0.2) is 0 Å². The average Bonchev–Trinajstić information content (AvgIpc) is 3.11. The minimum Gasteiger partial charge on any atom is -0.457 e. The molecule has 0 bridgehead atoms. The van der Waals surface area contributed by atoms with Gasteiger partial charge in [0.05, 0.1) is 24.2 Å². The van der Waals surface area contributed by atoms with E-state index >= 15 is 0 Å². The van der Waals surface area contributed by atoms with E-state index in [0.29, 0.717) is 53.4 Å². The van der Waals surface area contributed by atoms with Crippen molar-refractivity contribution in [3.63, 3.8) is 0 Å². The second kappa shape index (κ2) is 17.3. The summed E-state index contributed by atoms with van der Waals surface area (Å²) in [6, 6.07) is 25.3. The number of rotatable bonds is 10. The van der Waals surface area contributed by atoms with Gasteiger partial charge in [0, 0.05) is 28.8 Å². The largest absolute Gasteiger partial charge is 0.457 e. The van der Waals surface area contributed by atoms with E-state index in [1.165, 1.54) is 59.4 Å². The third-order valence-corrected chi connectivity index (χ3v) is 8.28. The van der Waals surface area contributed by atoms with Gasteiger partial charge in [-0.3, -0.25) is 4.79 Å². The van der Waals surface area contributed by atoms with Crippen LogP contribution in [-0.2, 0) is 4.74 Å². The van der Waals surface area contributed by atoms with Crippen LogP contribution in [0.4, 0.5) is 23.2 Å². The summed E-state index contributed by atoms with van der Waals surface area (Å²) in [7, 11) is 0. The summed E-state index contributed by atoms with van der Waals surface area (Å²) in [5, 5.41) is 7.49. The van der Waals surface area contributed by atoms with Gasteiger partial charge in [0.2, 0.25) is 0 Å². The van der Waals surface area contributed by atoms with Crippen molar-refractivity contribution in [2.75, 3.05) is 25.1 Å². The Morgan fingerprint density at radius 1 is 0.816 bits per heavy atom. The van der Waals surface area contributed by atoms with Crippen LogP contribution in [0.2, 0.25) is 5.02 Å². The molecule has 0 unspecified atom stereocenters. The zero-order chi connectivity index (χ0) is 34.8. The summed E-state index contributed by atoms with van der Waals surface area (Å²) in [6.45, 7) is 2.15. The number of benzene rings is 4. The van der Waals surface area contributed by atoms with Gasteiger partial charge in [-0.15, -0.1) is 0 Å². The summed E-state index contributed by atoms with van der Waals surface area (Å²) in [5.74, 6) is 2.50. The molecule has 1 N–H and O–H groups in total. The molecule has 0 saturated carbocycles. The third-order valence-electron chi connectivity index (χ3n) is 7.39. The molecule has 13 heteroatoms. The molecular weight excluding hydrogens is 730 g/mol. The molecule has 4 aromatic carbocycles. The van der Waals surface area contributed by atoms with Gasteiger partial charge in [-0.1, -0.05) is 27.5 Å². The average molecular weight is 761 g/mol. The zero-order valence-electron chi connectivity index (χ0n) is 25.9. The Hall–Kier alpha value is -4.39. The molecule has 1 fully saturated rings. The Labute approximate surface area is 293 Å².